The third-order valence-corrected chi connectivity index (χ3v) is 3.76. The number of anilines is 1. The number of hydrogen-bond donors (Lipinski definition) is 2. The Kier molecular flexibility index (Phi) is 3.72. The van der Waals surface area contributed by atoms with Gasteiger partial charge in [0.1, 0.15) is 0 Å². The number of nitrogens with one attached hydrogen (secondary N) is 1. The smallest absolute Gasteiger partial charge is 0.337 e. The summed E-state index contributed by atoms with van der Waals surface area (Å²) in [7, 11) is 0. The van der Waals surface area contributed by atoms with Crippen LogP contribution in [0, 0.1) is 5.92 Å². The topological polar surface area (TPSA) is 49.3 Å². The minimum atomic E-state index is -0.889. The van der Waals surface area contributed by atoms with Crippen LogP contribution in [0.3, 0.4) is 0 Å². The summed E-state index contributed by atoms with van der Waals surface area (Å²) in [5, 5.41) is 12.5. The van der Waals surface area contributed by atoms with Gasteiger partial charge in [-0.3, -0.25) is 0 Å². The van der Waals surface area contributed by atoms with Gasteiger partial charge < -0.3 is 10.4 Å². The summed E-state index contributed by atoms with van der Waals surface area (Å²) in [6.45, 7) is 2.24. The van der Waals surface area contributed by atoms with Gasteiger partial charge in [0.15, 0.2) is 0 Å². The highest BCUT2D eigenvalue weighted by atomic mass is 79.9. The number of carboxylic acids is 1. The van der Waals surface area contributed by atoms with E-state index in [4.69, 9.17) is 5.11 Å². The van der Waals surface area contributed by atoms with E-state index in [1.807, 2.05) is 12.1 Å². The van der Waals surface area contributed by atoms with Crippen LogP contribution < -0.4 is 5.32 Å². The van der Waals surface area contributed by atoms with Crippen LogP contribution in [0.1, 0.15) is 36.5 Å². The van der Waals surface area contributed by atoms with E-state index in [2.05, 4.69) is 28.2 Å². The van der Waals surface area contributed by atoms with Gasteiger partial charge in [-0.25, -0.2) is 4.79 Å². The Bertz CT molecular complexity index is 433. The van der Waals surface area contributed by atoms with Crippen LogP contribution in [-0.2, 0) is 0 Å². The van der Waals surface area contributed by atoms with Crippen molar-refractivity contribution in [2.75, 3.05) is 5.32 Å². The van der Waals surface area contributed by atoms with Crippen LogP contribution >= 0.6 is 15.9 Å². The Morgan fingerprint density at radius 1 is 1.47 bits per heavy atom. The normalized spacial score (nSPS) is 23.6. The first-order valence-corrected chi connectivity index (χ1v) is 6.65. The summed E-state index contributed by atoms with van der Waals surface area (Å²) in [5.74, 6) is -0.156. The molecule has 92 valence electrons. The number of hydrogen-bond acceptors (Lipinski definition) is 2. The molecule has 2 N–H and O–H groups in total. The number of benzene rings is 1. The van der Waals surface area contributed by atoms with E-state index >= 15 is 0 Å². The summed E-state index contributed by atoms with van der Waals surface area (Å²) in [6.07, 6.45) is 3.46. The predicted molar refractivity (Wildman–Crippen MR) is 71.5 cm³/mol. The predicted octanol–water partition coefficient (Wildman–Crippen LogP) is 3.75. The molecule has 2 atom stereocenters. The number of carbonyl (C=O) groups is 1. The van der Waals surface area contributed by atoms with Gasteiger partial charge in [-0.2, -0.15) is 0 Å². The summed E-state index contributed by atoms with van der Waals surface area (Å²) in [4.78, 5) is 11.2. The molecule has 0 aliphatic heterocycles. The van der Waals surface area contributed by atoms with Gasteiger partial charge in [0.05, 0.1) is 5.56 Å². The first-order valence-electron chi connectivity index (χ1n) is 5.85. The van der Waals surface area contributed by atoms with E-state index in [0.717, 1.165) is 28.9 Å². The Hall–Kier alpha value is -1.03. The molecule has 1 aromatic rings. The van der Waals surface area contributed by atoms with E-state index in [0.29, 0.717) is 11.6 Å². The molecular weight excluding hydrogens is 282 g/mol. The Morgan fingerprint density at radius 2 is 2.24 bits per heavy atom. The molecular formula is C13H16BrNO2. The molecule has 1 aliphatic rings. The molecule has 17 heavy (non-hydrogen) atoms. The Balaban J connectivity index is 2.17. The number of aromatic carboxylic acids is 1. The van der Waals surface area contributed by atoms with E-state index in [9.17, 15) is 4.79 Å². The number of rotatable bonds is 3. The first kappa shape index (κ1) is 12.4. The van der Waals surface area contributed by atoms with Gasteiger partial charge in [0.2, 0.25) is 0 Å². The fourth-order valence-corrected chi connectivity index (χ4v) is 2.74. The summed E-state index contributed by atoms with van der Waals surface area (Å²) >= 11 is 3.30. The molecule has 2 rings (SSSR count). The maximum atomic E-state index is 11.2. The lowest BCUT2D eigenvalue weighted by Gasteiger charge is -2.16. The van der Waals surface area contributed by atoms with Crippen LogP contribution in [0.4, 0.5) is 5.69 Å². The zero-order valence-corrected chi connectivity index (χ0v) is 11.3. The van der Waals surface area contributed by atoms with E-state index in [1.165, 1.54) is 6.42 Å². The number of carboxylic acid groups (broad SMARTS) is 1. The third kappa shape index (κ3) is 3.00. The molecule has 1 saturated carbocycles. The number of halogens is 1. The lowest BCUT2D eigenvalue weighted by atomic mass is 10.1. The molecule has 1 fully saturated rings. The van der Waals surface area contributed by atoms with E-state index < -0.39 is 5.97 Å². The molecule has 0 spiro atoms. The molecule has 1 aliphatic carbocycles. The fourth-order valence-electron chi connectivity index (χ4n) is 2.38. The molecule has 2 unspecified atom stereocenters. The van der Waals surface area contributed by atoms with Crippen LogP contribution in [0.2, 0.25) is 0 Å². The van der Waals surface area contributed by atoms with Gasteiger partial charge in [-0.15, -0.1) is 0 Å². The zero-order chi connectivity index (χ0) is 12.4. The van der Waals surface area contributed by atoms with E-state index in [-0.39, 0.29) is 0 Å². The molecule has 1 aromatic carbocycles. The van der Waals surface area contributed by atoms with Gasteiger partial charge in [0, 0.05) is 16.2 Å². The molecule has 0 bridgehead atoms. The first-order chi connectivity index (χ1) is 8.06. The Morgan fingerprint density at radius 3 is 2.82 bits per heavy atom. The van der Waals surface area contributed by atoms with Crippen LogP contribution in [0.5, 0.6) is 0 Å². The van der Waals surface area contributed by atoms with Gasteiger partial charge in [0.25, 0.3) is 0 Å². The lowest BCUT2D eigenvalue weighted by Crippen LogP contribution is -2.17. The van der Waals surface area contributed by atoms with Crippen LogP contribution in [0.15, 0.2) is 22.7 Å². The fraction of sp³-hybridized carbons (Fsp3) is 0.462. The summed E-state index contributed by atoms with van der Waals surface area (Å²) in [6, 6.07) is 5.75. The highest BCUT2D eigenvalue weighted by molar-refractivity contribution is 9.10. The maximum absolute atomic E-state index is 11.2. The summed E-state index contributed by atoms with van der Waals surface area (Å²) in [5.41, 5.74) is 1.05. The SMILES string of the molecule is CC1CCC(Nc2ccc(Br)cc2C(=O)O)C1. The van der Waals surface area contributed by atoms with Crippen LogP contribution in [-0.4, -0.2) is 17.1 Å². The molecule has 0 amide bonds. The average Bonchev–Trinajstić information content (AvgIpc) is 2.66. The maximum Gasteiger partial charge on any atom is 0.337 e. The molecule has 0 heterocycles. The average molecular weight is 298 g/mol. The van der Waals surface area contributed by atoms with Crippen molar-refractivity contribution in [3.63, 3.8) is 0 Å². The van der Waals surface area contributed by atoms with Crippen LogP contribution in [0.25, 0.3) is 0 Å². The highest BCUT2D eigenvalue weighted by Gasteiger charge is 2.22. The van der Waals surface area contributed by atoms with Crippen molar-refractivity contribution in [3.05, 3.63) is 28.2 Å². The van der Waals surface area contributed by atoms with Crippen molar-refractivity contribution in [1.29, 1.82) is 0 Å². The van der Waals surface area contributed by atoms with Crippen molar-refractivity contribution in [1.82, 2.24) is 0 Å². The van der Waals surface area contributed by atoms with Crippen molar-refractivity contribution in [2.45, 2.75) is 32.2 Å². The monoisotopic (exact) mass is 297 g/mol. The van der Waals surface area contributed by atoms with Gasteiger partial charge in [-0.05, 0) is 43.4 Å². The molecule has 0 saturated heterocycles. The standard InChI is InChI=1S/C13H16BrNO2/c1-8-2-4-10(6-8)15-12-5-3-9(14)7-11(12)13(16)17/h3,5,7-8,10,15H,2,4,6H2,1H3,(H,16,17). The minimum Gasteiger partial charge on any atom is -0.478 e. The lowest BCUT2D eigenvalue weighted by molar-refractivity contribution is 0.0698. The second-order valence-electron chi connectivity index (χ2n) is 4.75. The highest BCUT2D eigenvalue weighted by Crippen LogP contribution is 2.29. The zero-order valence-electron chi connectivity index (χ0n) is 9.74. The molecule has 4 heteroatoms. The van der Waals surface area contributed by atoms with Gasteiger partial charge >= 0.3 is 5.97 Å². The van der Waals surface area contributed by atoms with Crippen molar-refractivity contribution in [3.8, 4) is 0 Å². The molecule has 3 nitrogen and oxygen atoms in total. The molecule has 0 aromatic heterocycles. The quantitative estimate of drug-likeness (QED) is 0.893. The largest absolute Gasteiger partial charge is 0.478 e. The summed E-state index contributed by atoms with van der Waals surface area (Å²) < 4.78 is 0.792. The minimum absolute atomic E-state index is 0.332. The van der Waals surface area contributed by atoms with Crippen molar-refractivity contribution in [2.24, 2.45) is 5.92 Å². The Labute approximate surface area is 109 Å². The van der Waals surface area contributed by atoms with Crippen molar-refractivity contribution >= 4 is 27.6 Å². The third-order valence-electron chi connectivity index (χ3n) is 3.27. The second kappa shape index (κ2) is 5.08. The van der Waals surface area contributed by atoms with Gasteiger partial charge in [-0.1, -0.05) is 22.9 Å². The molecule has 0 radical (unpaired) electrons. The van der Waals surface area contributed by atoms with E-state index in [1.54, 1.807) is 6.07 Å². The second-order valence-corrected chi connectivity index (χ2v) is 5.67. The van der Waals surface area contributed by atoms with Crippen molar-refractivity contribution < 1.29 is 9.90 Å².